The first-order chi connectivity index (χ1) is 20.3. The van der Waals surface area contributed by atoms with Crippen molar-refractivity contribution in [3.8, 4) is 44.5 Å². The molecule has 6 aromatic carbocycles. The van der Waals surface area contributed by atoms with Crippen LogP contribution in [0.1, 0.15) is 29.2 Å². The van der Waals surface area contributed by atoms with Crippen LogP contribution in [0.5, 0.6) is 0 Å². The molecule has 0 saturated heterocycles. The molecule has 0 aliphatic heterocycles. The fraction of sp³-hybridized carbons (Fsp3) is 0.100. The van der Waals surface area contributed by atoms with Gasteiger partial charge in [-0.05, 0) is 98.7 Å². The van der Waals surface area contributed by atoms with Crippen LogP contribution in [0.3, 0.4) is 0 Å². The van der Waals surface area contributed by atoms with Gasteiger partial charge in [0.2, 0.25) is 0 Å². The number of aromatic nitrogens is 1. The molecule has 2 aliphatic carbocycles. The molecule has 0 saturated carbocycles. The summed E-state index contributed by atoms with van der Waals surface area (Å²) in [6.07, 6.45) is 2.01. The maximum atomic E-state index is 2.51. The molecule has 1 heterocycles. The molecule has 0 bridgehead atoms. The van der Waals surface area contributed by atoms with Gasteiger partial charge < -0.3 is 4.57 Å². The average molecular weight is 524 g/mol. The van der Waals surface area contributed by atoms with E-state index < -0.39 is 0 Å². The van der Waals surface area contributed by atoms with Gasteiger partial charge in [0.1, 0.15) is 0 Å². The Hall–Kier alpha value is -4.88. The van der Waals surface area contributed by atoms with Crippen LogP contribution in [0.2, 0.25) is 0 Å². The predicted octanol–water partition coefficient (Wildman–Crippen LogP) is 10.3. The van der Waals surface area contributed by atoms with Crippen molar-refractivity contribution in [1.29, 1.82) is 0 Å². The van der Waals surface area contributed by atoms with E-state index in [0.29, 0.717) is 0 Å². The van der Waals surface area contributed by atoms with Crippen molar-refractivity contribution >= 4 is 21.8 Å². The summed E-state index contributed by atoms with van der Waals surface area (Å²) in [4.78, 5) is 0. The number of hydrogen-bond donors (Lipinski definition) is 0. The van der Waals surface area contributed by atoms with Crippen LogP contribution in [0.4, 0.5) is 0 Å². The summed E-state index contributed by atoms with van der Waals surface area (Å²) < 4.78 is 2.51. The molecule has 2 aliphatic rings. The van der Waals surface area contributed by atoms with Crippen molar-refractivity contribution in [2.45, 2.75) is 26.3 Å². The Balaban J connectivity index is 1.19. The van der Waals surface area contributed by atoms with E-state index in [-0.39, 0.29) is 0 Å². The van der Waals surface area contributed by atoms with Gasteiger partial charge >= 0.3 is 0 Å². The number of benzene rings is 6. The minimum absolute atomic E-state index is 0.934. The summed E-state index contributed by atoms with van der Waals surface area (Å²) in [5, 5.41) is 2.66. The van der Waals surface area contributed by atoms with Crippen LogP contribution in [-0.2, 0) is 19.4 Å². The predicted molar refractivity (Wildman–Crippen MR) is 172 cm³/mol. The maximum Gasteiger partial charge on any atom is 0.0497 e. The Morgan fingerprint density at radius 3 is 1.39 bits per heavy atom. The SMILES string of the molecule is CCn1c2cc(-c3cccc4c3Cc3ccccc3-4)ccc2c2ccc(-c3cccc4c3Cc3ccccc3-4)cc21. The summed E-state index contributed by atoms with van der Waals surface area (Å²) in [7, 11) is 0. The topological polar surface area (TPSA) is 4.93 Å². The summed E-state index contributed by atoms with van der Waals surface area (Å²) >= 11 is 0. The average Bonchev–Trinajstić information content (AvgIpc) is 3.69. The van der Waals surface area contributed by atoms with Gasteiger partial charge in [0.05, 0.1) is 0 Å². The summed E-state index contributed by atoms with van der Waals surface area (Å²) in [5.74, 6) is 0. The van der Waals surface area contributed by atoms with Crippen LogP contribution in [0, 0.1) is 0 Å². The van der Waals surface area contributed by atoms with E-state index in [1.54, 1.807) is 0 Å². The first-order valence-corrected chi connectivity index (χ1v) is 14.8. The molecule has 0 N–H and O–H groups in total. The van der Waals surface area contributed by atoms with E-state index in [4.69, 9.17) is 0 Å². The Morgan fingerprint density at radius 1 is 0.463 bits per heavy atom. The number of rotatable bonds is 3. The number of fused-ring (bicyclic) bond motifs is 9. The first kappa shape index (κ1) is 22.9. The molecule has 0 unspecified atom stereocenters. The molecule has 0 atom stereocenters. The van der Waals surface area contributed by atoms with Gasteiger partial charge in [0.15, 0.2) is 0 Å². The van der Waals surface area contributed by atoms with Crippen LogP contribution in [0.25, 0.3) is 66.3 Å². The Labute approximate surface area is 240 Å². The molecule has 1 nitrogen and oxygen atoms in total. The molecule has 194 valence electrons. The highest BCUT2D eigenvalue weighted by Crippen LogP contribution is 2.44. The molecule has 9 rings (SSSR count). The van der Waals surface area contributed by atoms with E-state index in [9.17, 15) is 0 Å². The number of aryl methyl sites for hydroxylation is 1. The quantitative estimate of drug-likeness (QED) is 0.217. The second-order valence-corrected chi connectivity index (χ2v) is 11.5. The van der Waals surface area contributed by atoms with E-state index in [2.05, 4.69) is 133 Å². The zero-order valence-electron chi connectivity index (χ0n) is 23.1. The summed E-state index contributed by atoms with van der Waals surface area (Å²) in [6, 6.07) is 45.5. The maximum absolute atomic E-state index is 2.51. The lowest BCUT2D eigenvalue weighted by molar-refractivity contribution is 0.827. The lowest BCUT2D eigenvalue weighted by Crippen LogP contribution is -1.95. The van der Waals surface area contributed by atoms with Crippen LogP contribution in [-0.4, -0.2) is 4.57 Å². The van der Waals surface area contributed by atoms with E-state index in [0.717, 1.165) is 19.4 Å². The second-order valence-electron chi connectivity index (χ2n) is 11.5. The smallest absolute Gasteiger partial charge is 0.0497 e. The lowest BCUT2D eigenvalue weighted by atomic mass is 9.94. The lowest BCUT2D eigenvalue weighted by Gasteiger charge is -2.11. The first-order valence-electron chi connectivity index (χ1n) is 14.8. The number of hydrogen-bond acceptors (Lipinski definition) is 0. The van der Waals surface area contributed by atoms with Gasteiger partial charge in [-0.2, -0.15) is 0 Å². The van der Waals surface area contributed by atoms with E-state index >= 15 is 0 Å². The molecule has 0 spiro atoms. The highest BCUT2D eigenvalue weighted by atomic mass is 15.0. The fourth-order valence-electron chi connectivity index (χ4n) is 7.63. The van der Waals surface area contributed by atoms with Crippen molar-refractivity contribution in [2.24, 2.45) is 0 Å². The van der Waals surface area contributed by atoms with Crippen LogP contribution in [0.15, 0.2) is 121 Å². The summed E-state index contributed by atoms with van der Waals surface area (Å²) in [6.45, 7) is 3.20. The van der Waals surface area contributed by atoms with Gasteiger partial charge in [-0.15, -0.1) is 0 Å². The Bertz CT molecular complexity index is 2040. The monoisotopic (exact) mass is 523 g/mol. The van der Waals surface area contributed by atoms with Crippen molar-refractivity contribution in [3.63, 3.8) is 0 Å². The highest BCUT2D eigenvalue weighted by Gasteiger charge is 2.23. The Kier molecular flexibility index (Phi) is 4.78. The Morgan fingerprint density at radius 2 is 0.902 bits per heavy atom. The van der Waals surface area contributed by atoms with Crippen molar-refractivity contribution in [1.82, 2.24) is 4.57 Å². The van der Waals surface area contributed by atoms with Gasteiger partial charge in [-0.3, -0.25) is 0 Å². The molecule has 41 heavy (non-hydrogen) atoms. The normalized spacial score (nSPS) is 12.9. The van der Waals surface area contributed by atoms with Gasteiger partial charge in [0, 0.05) is 28.4 Å². The minimum Gasteiger partial charge on any atom is -0.341 e. The third-order valence-corrected chi connectivity index (χ3v) is 9.51. The molecular formula is C40H29N. The molecule has 0 radical (unpaired) electrons. The standard InChI is InChI=1S/C40H29N/c1-2-41-39-23-27(31-13-7-15-33-29-11-5-3-9-25(29)21-37(31)33)17-19-35(39)36-20-18-28(24-40(36)41)32-14-8-16-34-30-12-6-4-10-26(30)22-38(32)34/h3-20,23-24H,2,21-22H2,1H3. The number of nitrogens with zero attached hydrogens (tertiary/aromatic N) is 1. The molecule has 1 aromatic heterocycles. The minimum atomic E-state index is 0.934. The van der Waals surface area contributed by atoms with Gasteiger partial charge in [-0.1, -0.05) is 109 Å². The van der Waals surface area contributed by atoms with E-state index in [1.165, 1.54) is 88.6 Å². The molecule has 0 amide bonds. The van der Waals surface area contributed by atoms with Crippen molar-refractivity contribution in [3.05, 3.63) is 144 Å². The largest absolute Gasteiger partial charge is 0.341 e. The third kappa shape index (κ3) is 3.24. The highest BCUT2D eigenvalue weighted by molar-refractivity contribution is 6.10. The molecule has 0 fully saturated rings. The molecule has 7 aromatic rings. The second kappa shape index (κ2) is 8.56. The molecular weight excluding hydrogens is 494 g/mol. The zero-order chi connectivity index (χ0) is 27.1. The van der Waals surface area contributed by atoms with E-state index in [1.807, 2.05) is 0 Å². The summed E-state index contributed by atoms with van der Waals surface area (Å²) in [5.41, 5.74) is 19.3. The van der Waals surface area contributed by atoms with Gasteiger partial charge in [-0.25, -0.2) is 0 Å². The zero-order valence-corrected chi connectivity index (χ0v) is 23.1. The van der Waals surface area contributed by atoms with Crippen molar-refractivity contribution in [2.75, 3.05) is 0 Å². The van der Waals surface area contributed by atoms with Crippen molar-refractivity contribution < 1.29 is 0 Å². The third-order valence-electron chi connectivity index (χ3n) is 9.51. The molecule has 1 heteroatoms. The van der Waals surface area contributed by atoms with Crippen LogP contribution < -0.4 is 0 Å². The van der Waals surface area contributed by atoms with Gasteiger partial charge in [0.25, 0.3) is 0 Å². The van der Waals surface area contributed by atoms with Crippen LogP contribution >= 0.6 is 0 Å². The fourth-order valence-corrected chi connectivity index (χ4v) is 7.63.